The molecule has 1 atom stereocenters. The van der Waals surface area contributed by atoms with E-state index in [9.17, 15) is 14.0 Å². The van der Waals surface area contributed by atoms with Crippen LogP contribution < -0.4 is 0 Å². The minimum Gasteiger partial charge on any atom is -0.479 e. The van der Waals surface area contributed by atoms with Crippen LogP contribution >= 0.6 is 15.9 Å². The number of likely N-dealkylation sites (N-methyl/N-ethyl adjacent to an activating group) is 1. The molecule has 92 valence electrons. The molecule has 0 aliphatic rings. The van der Waals surface area contributed by atoms with E-state index in [0.29, 0.717) is 4.47 Å². The standard InChI is InChI=1S/C11H11BrFNO3/c1-6(15)14(2)10(11(16)17)8-5-7(12)3-4-9(8)13/h3-5,10H,1-2H3,(H,16,17). The zero-order valence-electron chi connectivity index (χ0n) is 9.28. The number of nitrogens with zero attached hydrogens (tertiary/aromatic N) is 1. The van der Waals surface area contributed by atoms with Crippen molar-refractivity contribution in [2.45, 2.75) is 13.0 Å². The Labute approximate surface area is 106 Å². The van der Waals surface area contributed by atoms with Crippen molar-refractivity contribution in [3.05, 3.63) is 34.1 Å². The Morgan fingerprint density at radius 3 is 2.53 bits per heavy atom. The maximum absolute atomic E-state index is 13.6. The van der Waals surface area contributed by atoms with Crippen molar-refractivity contribution in [2.75, 3.05) is 7.05 Å². The van der Waals surface area contributed by atoms with Gasteiger partial charge in [0.15, 0.2) is 6.04 Å². The Bertz CT molecular complexity index is 464. The summed E-state index contributed by atoms with van der Waals surface area (Å²) in [4.78, 5) is 23.3. The van der Waals surface area contributed by atoms with E-state index in [1.165, 1.54) is 26.1 Å². The lowest BCUT2D eigenvalue weighted by atomic mass is 10.1. The number of amides is 1. The smallest absolute Gasteiger partial charge is 0.331 e. The highest BCUT2D eigenvalue weighted by atomic mass is 79.9. The Morgan fingerprint density at radius 1 is 1.47 bits per heavy atom. The summed E-state index contributed by atoms with van der Waals surface area (Å²) in [5.41, 5.74) is -0.0513. The summed E-state index contributed by atoms with van der Waals surface area (Å²) in [6.45, 7) is 1.23. The number of carboxylic acid groups (broad SMARTS) is 1. The molecule has 0 spiro atoms. The molecule has 1 aromatic rings. The van der Waals surface area contributed by atoms with E-state index >= 15 is 0 Å². The van der Waals surface area contributed by atoms with Gasteiger partial charge in [0.25, 0.3) is 0 Å². The molecule has 1 rings (SSSR count). The number of hydrogen-bond acceptors (Lipinski definition) is 2. The van der Waals surface area contributed by atoms with Gasteiger partial charge in [-0.2, -0.15) is 0 Å². The van der Waals surface area contributed by atoms with Crippen LogP contribution in [-0.2, 0) is 9.59 Å². The molecule has 0 heterocycles. The molecule has 0 fully saturated rings. The highest BCUT2D eigenvalue weighted by molar-refractivity contribution is 9.10. The van der Waals surface area contributed by atoms with Crippen LogP contribution in [-0.4, -0.2) is 28.9 Å². The van der Waals surface area contributed by atoms with Crippen molar-refractivity contribution in [2.24, 2.45) is 0 Å². The van der Waals surface area contributed by atoms with Crippen molar-refractivity contribution in [3.63, 3.8) is 0 Å². The zero-order valence-corrected chi connectivity index (χ0v) is 10.9. The number of rotatable bonds is 3. The molecule has 1 unspecified atom stereocenters. The lowest BCUT2D eigenvalue weighted by Gasteiger charge is -2.24. The van der Waals surface area contributed by atoms with E-state index in [-0.39, 0.29) is 5.56 Å². The Kier molecular flexibility index (Phi) is 4.22. The fourth-order valence-electron chi connectivity index (χ4n) is 1.41. The molecule has 0 aliphatic heterocycles. The van der Waals surface area contributed by atoms with Crippen LogP contribution in [0, 0.1) is 5.82 Å². The predicted molar refractivity (Wildman–Crippen MR) is 62.9 cm³/mol. The van der Waals surface area contributed by atoms with Gasteiger partial charge < -0.3 is 10.0 Å². The molecular formula is C11H11BrFNO3. The second kappa shape index (κ2) is 5.27. The lowest BCUT2D eigenvalue weighted by molar-refractivity contribution is -0.148. The fraction of sp³-hybridized carbons (Fsp3) is 0.273. The minimum absolute atomic E-state index is 0.0513. The molecule has 0 aromatic heterocycles. The summed E-state index contributed by atoms with van der Waals surface area (Å²) >= 11 is 3.14. The number of carboxylic acids is 1. The topological polar surface area (TPSA) is 57.6 Å². The SMILES string of the molecule is CC(=O)N(C)C(C(=O)O)c1cc(Br)ccc1F. The summed E-state index contributed by atoms with van der Waals surface area (Å²) in [5.74, 6) is -2.38. The van der Waals surface area contributed by atoms with E-state index in [4.69, 9.17) is 5.11 Å². The summed E-state index contributed by atoms with van der Waals surface area (Å²) in [6, 6.07) is 2.65. The van der Waals surface area contributed by atoms with Gasteiger partial charge in [-0.15, -0.1) is 0 Å². The number of carbonyl (C=O) groups is 2. The van der Waals surface area contributed by atoms with Crippen LogP contribution in [0.5, 0.6) is 0 Å². The third-order valence-corrected chi connectivity index (χ3v) is 2.86. The number of aliphatic carboxylic acids is 1. The second-order valence-corrected chi connectivity index (χ2v) is 4.45. The largest absolute Gasteiger partial charge is 0.479 e. The van der Waals surface area contributed by atoms with Crippen molar-refractivity contribution < 1.29 is 19.1 Å². The predicted octanol–water partition coefficient (Wildman–Crippen LogP) is 2.19. The van der Waals surface area contributed by atoms with Crippen LogP contribution in [0.15, 0.2) is 22.7 Å². The number of hydrogen-bond donors (Lipinski definition) is 1. The summed E-state index contributed by atoms with van der Waals surface area (Å²) in [7, 11) is 1.32. The number of halogens is 2. The quantitative estimate of drug-likeness (QED) is 0.931. The first-order valence-corrected chi connectivity index (χ1v) is 5.55. The molecule has 0 saturated carbocycles. The second-order valence-electron chi connectivity index (χ2n) is 3.54. The van der Waals surface area contributed by atoms with Gasteiger partial charge in [0.1, 0.15) is 5.82 Å². The molecule has 0 aliphatic carbocycles. The Balaban J connectivity index is 3.27. The van der Waals surface area contributed by atoms with Crippen LogP contribution in [0.3, 0.4) is 0 Å². The summed E-state index contributed by atoms with van der Waals surface area (Å²) in [6.07, 6.45) is 0. The Morgan fingerprint density at radius 2 is 2.06 bits per heavy atom. The van der Waals surface area contributed by atoms with Gasteiger partial charge >= 0.3 is 5.97 Å². The zero-order chi connectivity index (χ0) is 13.2. The van der Waals surface area contributed by atoms with E-state index < -0.39 is 23.7 Å². The van der Waals surface area contributed by atoms with Crippen LogP contribution in [0.2, 0.25) is 0 Å². The summed E-state index contributed by atoms with van der Waals surface area (Å²) < 4.78 is 14.1. The normalized spacial score (nSPS) is 12.0. The average molecular weight is 304 g/mol. The van der Waals surface area contributed by atoms with Crippen molar-refractivity contribution in [1.29, 1.82) is 0 Å². The molecule has 1 N–H and O–H groups in total. The number of benzene rings is 1. The van der Waals surface area contributed by atoms with Crippen molar-refractivity contribution in [3.8, 4) is 0 Å². The van der Waals surface area contributed by atoms with Gasteiger partial charge in [0.05, 0.1) is 0 Å². The number of carbonyl (C=O) groups excluding carboxylic acids is 1. The lowest BCUT2D eigenvalue weighted by Crippen LogP contribution is -2.34. The Hall–Kier alpha value is -1.43. The van der Waals surface area contributed by atoms with Crippen LogP contribution in [0.1, 0.15) is 18.5 Å². The molecule has 0 saturated heterocycles. The highest BCUT2D eigenvalue weighted by Crippen LogP contribution is 2.26. The third-order valence-electron chi connectivity index (χ3n) is 2.37. The van der Waals surface area contributed by atoms with Crippen LogP contribution in [0.4, 0.5) is 4.39 Å². The monoisotopic (exact) mass is 303 g/mol. The molecule has 0 bridgehead atoms. The summed E-state index contributed by atoms with van der Waals surface area (Å²) in [5, 5.41) is 9.09. The minimum atomic E-state index is -1.33. The maximum atomic E-state index is 13.6. The van der Waals surface area contributed by atoms with Gasteiger partial charge in [0, 0.05) is 24.0 Å². The first-order valence-electron chi connectivity index (χ1n) is 4.75. The molecule has 1 amide bonds. The molecule has 6 heteroatoms. The van der Waals surface area contributed by atoms with Crippen molar-refractivity contribution >= 4 is 27.8 Å². The first kappa shape index (κ1) is 13.6. The van der Waals surface area contributed by atoms with E-state index in [2.05, 4.69) is 15.9 Å². The van der Waals surface area contributed by atoms with Gasteiger partial charge in [0.2, 0.25) is 5.91 Å². The molecular weight excluding hydrogens is 293 g/mol. The molecule has 17 heavy (non-hydrogen) atoms. The van der Waals surface area contributed by atoms with Gasteiger partial charge in [-0.05, 0) is 18.2 Å². The van der Waals surface area contributed by atoms with Crippen LogP contribution in [0.25, 0.3) is 0 Å². The third kappa shape index (κ3) is 3.03. The van der Waals surface area contributed by atoms with E-state index in [0.717, 1.165) is 11.0 Å². The highest BCUT2D eigenvalue weighted by Gasteiger charge is 2.29. The van der Waals surface area contributed by atoms with Gasteiger partial charge in [-0.1, -0.05) is 15.9 Å². The van der Waals surface area contributed by atoms with E-state index in [1.807, 2.05) is 0 Å². The van der Waals surface area contributed by atoms with E-state index in [1.54, 1.807) is 0 Å². The van der Waals surface area contributed by atoms with Crippen molar-refractivity contribution in [1.82, 2.24) is 4.90 Å². The fourth-order valence-corrected chi connectivity index (χ4v) is 1.79. The van der Waals surface area contributed by atoms with Gasteiger partial charge in [-0.25, -0.2) is 9.18 Å². The molecule has 0 radical (unpaired) electrons. The average Bonchev–Trinajstić information content (AvgIpc) is 2.22. The molecule has 4 nitrogen and oxygen atoms in total. The molecule has 1 aromatic carbocycles. The maximum Gasteiger partial charge on any atom is 0.331 e. The van der Waals surface area contributed by atoms with Gasteiger partial charge in [-0.3, -0.25) is 4.79 Å². The first-order chi connectivity index (χ1) is 7.84.